The molecule has 4 aliphatic heterocycles. The van der Waals surface area contributed by atoms with Crippen LogP contribution in [0.3, 0.4) is 0 Å². The molecule has 1 aromatic carbocycles. The third-order valence-electron chi connectivity index (χ3n) is 11.3. The SMILES string of the molecule is CC(C)(O)Cn1cc(-c2nc(NC3CCN(SN4CCC(C(=O)N5CCC(OCC#Cc6cccc(C7CCC(=O)NC7=O)c6)CC5)CC4)CC3)ncc2C(F)(F)F)cn1. The Hall–Kier alpha value is -4.54. The lowest BCUT2D eigenvalue weighted by Gasteiger charge is -2.39. The second-order valence-electron chi connectivity index (χ2n) is 16.6. The predicted molar refractivity (Wildman–Crippen MR) is 219 cm³/mol. The van der Waals surface area contributed by atoms with Crippen molar-refractivity contribution in [1.82, 2.24) is 38.6 Å². The smallest absolute Gasteiger partial charge is 0.389 e. The number of nitrogens with one attached hydrogen (secondary N) is 2. The van der Waals surface area contributed by atoms with Crippen molar-refractivity contribution in [3.8, 4) is 23.1 Å². The molecule has 3 aromatic rings. The quantitative estimate of drug-likeness (QED) is 0.137. The van der Waals surface area contributed by atoms with Gasteiger partial charge in [-0.1, -0.05) is 24.0 Å². The molecule has 0 spiro atoms. The van der Waals surface area contributed by atoms with Crippen molar-refractivity contribution in [1.29, 1.82) is 0 Å². The van der Waals surface area contributed by atoms with Crippen LogP contribution in [0, 0.1) is 17.8 Å². The molecule has 3 amide bonds. The number of anilines is 1. The molecule has 60 heavy (non-hydrogen) atoms. The second-order valence-corrected chi connectivity index (χ2v) is 17.8. The first-order valence-electron chi connectivity index (χ1n) is 20.6. The average molecular weight is 852 g/mol. The monoisotopic (exact) mass is 851 g/mol. The minimum Gasteiger partial charge on any atom is -0.389 e. The molecule has 3 N–H and O–H groups in total. The van der Waals surface area contributed by atoms with Gasteiger partial charge in [0.05, 0.1) is 36.1 Å². The second kappa shape index (κ2) is 19.0. The molecule has 7 rings (SSSR count). The Morgan fingerprint density at radius 2 is 1.72 bits per heavy atom. The van der Waals surface area contributed by atoms with Gasteiger partial charge in [0.25, 0.3) is 0 Å². The lowest BCUT2D eigenvalue weighted by Crippen LogP contribution is -2.46. The number of ether oxygens (including phenoxy) is 1. The maximum atomic E-state index is 13.9. The Bertz CT molecular complexity index is 2060. The first-order valence-corrected chi connectivity index (χ1v) is 21.4. The van der Waals surface area contributed by atoms with E-state index < -0.39 is 17.3 Å². The lowest BCUT2D eigenvalue weighted by atomic mass is 9.90. The molecule has 14 nitrogen and oxygen atoms in total. The van der Waals surface area contributed by atoms with Crippen LogP contribution in [-0.4, -0.2) is 120 Å². The number of imide groups is 1. The van der Waals surface area contributed by atoms with Crippen LogP contribution in [-0.2, 0) is 31.8 Å². The Balaban J connectivity index is 0.800. The molecule has 1 atom stereocenters. The number of alkyl halides is 3. The number of carbonyl (C=O) groups is 3. The third kappa shape index (κ3) is 11.6. The summed E-state index contributed by atoms with van der Waals surface area (Å²) >= 11 is 1.70. The Morgan fingerprint density at radius 1 is 1.00 bits per heavy atom. The van der Waals surface area contributed by atoms with E-state index in [1.54, 1.807) is 26.0 Å². The van der Waals surface area contributed by atoms with Gasteiger partial charge in [-0.05, 0) is 76.5 Å². The van der Waals surface area contributed by atoms with Gasteiger partial charge in [-0.2, -0.15) is 18.3 Å². The molecular weight excluding hydrogens is 800 g/mol. The maximum Gasteiger partial charge on any atom is 0.419 e. The number of halogens is 3. The van der Waals surface area contributed by atoms with E-state index in [4.69, 9.17) is 4.74 Å². The van der Waals surface area contributed by atoms with Crippen molar-refractivity contribution in [2.45, 2.75) is 102 Å². The van der Waals surface area contributed by atoms with Gasteiger partial charge in [-0.3, -0.25) is 24.4 Å². The van der Waals surface area contributed by atoms with Gasteiger partial charge in [0, 0.05) is 93.3 Å². The van der Waals surface area contributed by atoms with E-state index >= 15 is 0 Å². The van der Waals surface area contributed by atoms with Crippen molar-refractivity contribution < 1.29 is 37.4 Å². The molecule has 6 heterocycles. The largest absolute Gasteiger partial charge is 0.419 e. The highest BCUT2D eigenvalue weighted by molar-refractivity contribution is 7.94. The molecule has 322 valence electrons. The first kappa shape index (κ1) is 43.5. The molecule has 2 aromatic heterocycles. The standard InChI is InChI=1S/C42H52F3N9O5S/c1-41(2,58)27-52-26-31(24-47-52)37-35(42(43,44)45)25-46-40(50-37)48-32-12-20-54(21-13-32)60-53-18-10-29(11-19-53)39(57)51-16-14-33(15-17-51)59-22-4-6-28-5-3-7-30(23-28)34-8-9-36(55)49-38(34)56/h3,5,7,23-26,29,32-34,58H,8-22,27H2,1-2H3,(H,46,48,50)(H,49,55,56). The summed E-state index contributed by atoms with van der Waals surface area (Å²) in [6, 6.07) is 7.53. The first-order chi connectivity index (χ1) is 28.7. The van der Waals surface area contributed by atoms with Gasteiger partial charge in [0.15, 0.2) is 0 Å². The van der Waals surface area contributed by atoms with Crippen LogP contribution in [0.1, 0.15) is 87.8 Å². The minimum absolute atomic E-state index is 0.000506. The van der Waals surface area contributed by atoms with Gasteiger partial charge in [0.1, 0.15) is 12.2 Å². The molecule has 0 bridgehead atoms. The molecule has 4 saturated heterocycles. The number of hydrogen-bond acceptors (Lipinski definition) is 12. The number of aliphatic hydroxyl groups is 1. The van der Waals surface area contributed by atoms with Crippen molar-refractivity contribution >= 4 is 35.8 Å². The van der Waals surface area contributed by atoms with E-state index in [0.29, 0.717) is 25.9 Å². The van der Waals surface area contributed by atoms with Crippen LogP contribution in [0.15, 0.2) is 42.9 Å². The molecule has 1 unspecified atom stereocenters. The van der Waals surface area contributed by atoms with Crippen LogP contribution in [0.2, 0.25) is 0 Å². The van der Waals surface area contributed by atoms with Crippen LogP contribution in [0.25, 0.3) is 11.3 Å². The zero-order chi connectivity index (χ0) is 42.4. The van der Waals surface area contributed by atoms with Gasteiger partial charge in [-0.25, -0.2) is 18.6 Å². The van der Waals surface area contributed by atoms with Crippen LogP contribution in [0.5, 0.6) is 0 Å². The summed E-state index contributed by atoms with van der Waals surface area (Å²) in [6.45, 7) is 8.08. The molecule has 0 radical (unpaired) electrons. The van der Waals surface area contributed by atoms with Crippen LogP contribution in [0.4, 0.5) is 19.1 Å². The van der Waals surface area contributed by atoms with E-state index in [2.05, 4.69) is 46.2 Å². The molecule has 4 fully saturated rings. The summed E-state index contributed by atoms with van der Waals surface area (Å²) in [5.41, 5.74) is -0.470. The molecular formula is C42H52F3N9O5S. The summed E-state index contributed by atoms with van der Waals surface area (Å²) in [6.07, 6.45) is 4.43. The van der Waals surface area contributed by atoms with Gasteiger partial charge >= 0.3 is 6.18 Å². The van der Waals surface area contributed by atoms with E-state index in [1.165, 1.54) is 17.1 Å². The van der Waals surface area contributed by atoms with Crippen LogP contribution >= 0.6 is 12.1 Å². The summed E-state index contributed by atoms with van der Waals surface area (Å²) in [4.78, 5) is 47.5. The van der Waals surface area contributed by atoms with Crippen molar-refractivity contribution in [2.24, 2.45) is 5.92 Å². The zero-order valence-corrected chi connectivity index (χ0v) is 34.7. The topological polar surface area (TPSA) is 158 Å². The summed E-state index contributed by atoms with van der Waals surface area (Å²) in [5, 5.41) is 19.9. The normalized spacial score (nSPS) is 20.8. The van der Waals surface area contributed by atoms with Crippen molar-refractivity contribution in [2.75, 3.05) is 51.2 Å². The maximum absolute atomic E-state index is 13.9. The fourth-order valence-electron chi connectivity index (χ4n) is 8.10. The van der Waals surface area contributed by atoms with E-state index in [1.807, 2.05) is 29.2 Å². The molecule has 0 saturated carbocycles. The molecule has 4 aliphatic rings. The number of nitrogens with zero attached hydrogens (tertiary/aromatic N) is 7. The highest BCUT2D eigenvalue weighted by Crippen LogP contribution is 2.37. The number of aromatic nitrogens is 4. The number of hydrogen-bond donors (Lipinski definition) is 3. The van der Waals surface area contributed by atoms with Gasteiger partial charge < -0.3 is 20.1 Å². The highest BCUT2D eigenvalue weighted by atomic mass is 32.2. The Morgan fingerprint density at radius 3 is 2.40 bits per heavy atom. The highest BCUT2D eigenvalue weighted by Gasteiger charge is 2.37. The number of piperidine rings is 4. The molecule has 18 heteroatoms. The number of carbonyl (C=O) groups excluding carboxylic acids is 3. The van der Waals surface area contributed by atoms with E-state index in [0.717, 1.165) is 82.0 Å². The van der Waals surface area contributed by atoms with Crippen LogP contribution < -0.4 is 10.6 Å². The number of benzene rings is 1. The lowest BCUT2D eigenvalue weighted by molar-refractivity contribution is -0.139. The fraction of sp³-hybridized carbons (Fsp3) is 0.571. The van der Waals surface area contributed by atoms with Gasteiger partial charge in [-0.15, -0.1) is 0 Å². The summed E-state index contributed by atoms with van der Waals surface area (Å²) in [7, 11) is 0. The Labute approximate surface area is 352 Å². The number of likely N-dealkylation sites (tertiary alicyclic amines) is 1. The van der Waals surface area contributed by atoms with E-state index in [-0.39, 0.29) is 72.1 Å². The van der Waals surface area contributed by atoms with Crippen molar-refractivity contribution in [3.63, 3.8) is 0 Å². The Kier molecular flexibility index (Phi) is 13.8. The minimum atomic E-state index is -4.65. The molecule has 0 aliphatic carbocycles. The van der Waals surface area contributed by atoms with Crippen molar-refractivity contribution in [3.05, 3.63) is 59.5 Å². The predicted octanol–water partition coefficient (Wildman–Crippen LogP) is 4.86. The average Bonchev–Trinajstić information content (AvgIpc) is 3.67. The third-order valence-corrected chi connectivity index (χ3v) is 12.5. The zero-order valence-electron chi connectivity index (χ0n) is 33.9. The number of rotatable bonds is 11. The van der Waals surface area contributed by atoms with E-state index in [9.17, 15) is 32.7 Å². The fourth-order valence-corrected chi connectivity index (χ4v) is 9.18. The van der Waals surface area contributed by atoms with Gasteiger partial charge in [0.2, 0.25) is 23.7 Å². The summed E-state index contributed by atoms with van der Waals surface area (Å²) < 4.78 is 53.8. The summed E-state index contributed by atoms with van der Waals surface area (Å²) in [5.74, 6) is 5.70. The number of amides is 3.